The first-order valence-corrected chi connectivity index (χ1v) is 8.72. The van der Waals surface area contributed by atoms with Gasteiger partial charge in [0.2, 0.25) is 0 Å². The molecule has 0 aromatic heterocycles. The normalized spacial score (nSPS) is 30.9. The van der Waals surface area contributed by atoms with Crippen molar-refractivity contribution in [3.63, 3.8) is 0 Å². The van der Waals surface area contributed by atoms with Crippen LogP contribution in [0.25, 0.3) is 0 Å². The summed E-state index contributed by atoms with van der Waals surface area (Å²) in [5.41, 5.74) is 0. The summed E-state index contributed by atoms with van der Waals surface area (Å²) in [5.74, 6) is 1.86. The standard InChI is InChI=1S/C17H34N2/c1-4-15(5-2)13-19-12-14(3)18-11-17(19)16-9-7-6-8-10-16/h14-18H,4-13H2,1-3H3. The van der Waals surface area contributed by atoms with Gasteiger partial charge in [0.1, 0.15) is 0 Å². The quantitative estimate of drug-likeness (QED) is 0.817. The van der Waals surface area contributed by atoms with Crippen molar-refractivity contribution < 1.29 is 0 Å². The van der Waals surface area contributed by atoms with Gasteiger partial charge in [0.05, 0.1) is 0 Å². The van der Waals surface area contributed by atoms with E-state index in [-0.39, 0.29) is 0 Å². The first-order valence-electron chi connectivity index (χ1n) is 8.72. The molecule has 2 atom stereocenters. The molecule has 0 amide bonds. The summed E-state index contributed by atoms with van der Waals surface area (Å²) in [5, 5.41) is 3.73. The van der Waals surface area contributed by atoms with Crippen LogP contribution < -0.4 is 5.32 Å². The predicted molar refractivity (Wildman–Crippen MR) is 83.5 cm³/mol. The van der Waals surface area contributed by atoms with Crippen LogP contribution >= 0.6 is 0 Å². The lowest BCUT2D eigenvalue weighted by Gasteiger charge is -2.45. The highest BCUT2D eigenvalue weighted by molar-refractivity contribution is 4.90. The van der Waals surface area contributed by atoms with Gasteiger partial charge >= 0.3 is 0 Å². The van der Waals surface area contributed by atoms with E-state index in [1.54, 1.807) is 0 Å². The Kier molecular flexibility index (Phi) is 6.15. The maximum Gasteiger partial charge on any atom is 0.0249 e. The number of hydrogen-bond acceptors (Lipinski definition) is 2. The second-order valence-electron chi connectivity index (χ2n) is 6.91. The van der Waals surface area contributed by atoms with E-state index in [2.05, 4.69) is 31.0 Å². The summed E-state index contributed by atoms with van der Waals surface area (Å²) >= 11 is 0. The fraction of sp³-hybridized carbons (Fsp3) is 1.00. The average Bonchev–Trinajstić information content (AvgIpc) is 2.46. The largest absolute Gasteiger partial charge is 0.311 e. The Morgan fingerprint density at radius 1 is 1.11 bits per heavy atom. The molecule has 2 nitrogen and oxygen atoms in total. The number of rotatable bonds is 5. The minimum atomic E-state index is 0.675. The van der Waals surface area contributed by atoms with Gasteiger partial charge in [-0.25, -0.2) is 0 Å². The van der Waals surface area contributed by atoms with Crippen molar-refractivity contribution in [3.8, 4) is 0 Å². The highest BCUT2D eigenvalue weighted by atomic mass is 15.2. The van der Waals surface area contributed by atoms with E-state index >= 15 is 0 Å². The average molecular weight is 266 g/mol. The Balaban J connectivity index is 1.96. The van der Waals surface area contributed by atoms with Gasteiger partial charge < -0.3 is 5.32 Å². The van der Waals surface area contributed by atoms with E-state index in [1.807, 2.05) is 0 Å². The zero-order chi connectivity index (χ0) is 13.7. The molecule has 1 saturated heterocycles. The van der Waals surface area contributed by atoms with Crippen LogP contribution in [0.4, 0.5) is 0 Å². The SMILES string of the molecule is CCC(CC)CN1CC(C)NCC1C1CCCCC1. The molecule has 0 bridgehead atoms. The van der Waals surface area contributed by atoms with Crippen molar-refractivity contribution in [3.05, 3.63) is 0 Å². The molecule has 0 spiro atoms. The molecule has 1 saturated carbocycles. The maximum atomic E-state index is 3.73. The molecule has 2 heteroatoms. The maximum absolute atomic E-state index is 3.73. The molecule has 19 heavy (non-hydrogen) atoms. The van der Waals surface area contributed by atoms with Crippen LogP contribution in [0.15, 0.2) is 0 Å². The fourth-order valence-corrected chi connectivity index (χ4v) is 4.07. The molecule has 2 rings (SSSR count). The summed E-state index contributed by atoms with van der Waals surface area (Å²) in [6.45, 7) is 10.9. The molecule has 0 aromatic rings. The van der Waals surface area contributed by atoms with Crippen LogP contribution in [0.1, 0.15) is 65.7 Å². The van der Waals surface area contributed by atoms with Crippen LogP contribution in [0, 0.1) is 11.8 Å². The van der Waals surface area contributed by atoms with E-state index in [9.17, 15) is 0 Å². The topological polar surface area (TPSA) is 15.3 Å². The van der Waals surface area contributed by atoms with E-state index in [0.717, 1.165) is 17.9 Å². The monoisotopic (exact) mass is 266 g/mol. The van der Waals surface area contributed by atoms with Gasteiger partial charge in [-0.1, -0.05) is 46.0 Å². The third-order valence-corrected chi connectivity index (χ3v) is 5.49. The molecule has 2 unspecified atom stereocenters. The van der Waals surface area contributed by atoms with Gasteiger partial charge in [-0.3, -0.25) is 4.90 Å². The van der Waals surface area contributed by atoms with Crippen LogP contribution in [0.3, 0.4) is 0 Å². The molecule has 0 aromatic carbocycles. The van der Waals surface area contributed by atoms with Gasteiger partial charge in [-0.15, -0.1) is 0 Å². The summed E-state index contributed by atoms with van der Waals surface area (Å²) in [7, 11) is 0. The van der Waals surface area contributed by atoms with Crippen molar-refractivity contribution in [2.24, 2.45) is 11.8 Å². The molecule has 1 aliphatic carbocycles. The highest BCUT2D eigenvalue weighted by Gasteiger charge is 2.33. The number of hydrogen-bond donors (Lipinski definition) is 1. The van der Waals surface area contributed by atoms with Crippen LogP contribution in [-0.4, -0.2) is 36.6 Å². The van der Waals surface area contributed by atoms with E-state index in [0.29, 0.717) is 6.04 Å². The number of piperazine rings is 1. The lowest BCUT2D eigenvalue weighted by Crippen LogP contribution is -2.59. The van der Waals surface area contributed by atoms with E-state index in [1.165, 1.54) is 64.6 Å². The Morgan fingerprint density at radius 3 is 2.42 bits per heavy atom. The fourth-order valence-electron chi connectivity index (χ4n) is 4.07. The zero-order valence-electron chi connectivity index (χ0n) is 13.3. The van der Waals surface area contributed by atoms with Gasteiger partial charge in [-0.05, 0) is 31.6 Å². The molecule has 1 heterocycles. The summed E-state index contributed by atoms with van der Waals surface area (Å²) in [6.07, 6.45) is 10.0. The van der Waals surface area contributed by atoms with Crippen molar-refractivity contribution >= 4 is 0 Å². The van der Waals surface area contributed by atoms with Gasteiger partial charge in [0.25, 0.3) is 0 Å². The lowest BCUT2D eigenvalue weighted by atomic mass is 9.81. The van der Waals surface area contributed by atoms with Crippen LogP contribution in [-0.2, 0) is 0 Å². The van der Waals surface area contributed by atoms with Crippen LogP contribution in [0.2, 0.25) is 0 Å². The van der Waals surface area contributed by atoms with Crippen molar-refractivity contribution in [2.45, 2.75) is 77.8 Å². The van der Waals surface area contributed by atoms with E-state index in [4.69, 9.17) is 0 Å². The number of nitrogens with one attached hydrogen (secondary N) is 1. The summed E-state index contributed by atoms with van der Waals surface area (Å²) in [6, 6.07) is 1.49. The molecule has 2 fully saturated rings. The second-order valence-corrected chi connectivity index (χ2v) is 6.91. The molecule has 1 aliphatic heterocycles. The van der Waals surface area contributed by atoms with Gasteiger partial charge in [0, 0.05) is 31.7 Å². The third-order valence-electron chi connectivity index (χ3n) is 5.49. The first kappa shape index (κ1) is 15.3. The Hall–Kier alpha value is -0.0800. The van der Waals surface area contributed by atoms with Gasteiger partial charge in [0.15, 0.2) is 0 Å². The molecular formula is C17H34N2. The number of nitrogens with zero attached hydrogens (tertiary/aromatic N) is 1. The van der Waals surface area contributed by atoms with Crippen molar-refractivity contribution in [2.75, 3.05) is 19.6 Å². The Morgan fingerprint density at radius 2 is 1.79 bits per heavy atom. The zero-order valence-corrected chi connectivity index (χ0v) is 13.3. The Bertz CT molecular complexity index is 244. The molecule has 112 valence electrons. The first-order chi connectivity index (χ1) is 9.24. The lowest BCUT2D eigenvalue weighted by molar-refractivity contribution is 0.0601. The summed E-state index contributed by atoms with van der Waals surface area (Å²) < 4.78 is 0. The minimum Gasteiger partial charge on any atom is -0.311 e. The smallest absolute Gasteiger partial charge is 0.0249 e. The van der Waals surface area contributed by atoms with Crippen molar-refractivity contribution in [1.29, 1.82) is 0 Å². The minimum absolute atomic E-state index is 0.675. The third kappa shape index (κ3) is 4.19. The molecule has 0 radical (unpaired) electrons. The second kappa shape index (κ2) is 7.64. The predicted octanol–water partition coefficient (Wildman–Crippen LogP) is 3.67. The van der Waals surface area contributed by atoms with E-state index < -0.39 is 0 Å². The van der Waals surface area contributed by atoms with Crippen molar-refractivity contribution in [1.82, 2.24) is 10.2 Å². The van der Waals surface area contributed by atoms with Gasteiger partial charge in [-0.2, -0.15) is 0 Å². The summed E-state index contributed by atoms with van der Waals surface area (Å²) in [4.78, 5) is 2.84. The molecule has 1 N–H and O–H groups in total. The molecular weight excluding hydrogens is 232 g/mol. The highest BCUT2D eigenvalue weighted by Crippen LogP contribution is 2.31. The molecule has 2 aliphatic rings. The van der Waals surface area contributed by atoms with Crippen LogP contribution in [0.5, 0.6) is 0 Å². The Labute approximate surface area is 120 Å².